The van der Waals surface area contributed by atoms with Crippen LogP contribution in [0.5, 0.6) is 0 Å². The number of hydrogen-bond acceptors (Lipinski definition) is 1. The summed E-state index contributed by atoms with van der Waals surface area (Å²) in [4.78, 5) is 10.5. The molecule has 2 rings (SSSR count). The van der Waals surface area contributed by atoms with Crippen LogP contribution in [0.15, 0.2) is 30.5 Å². The van der Waals surface area contributed by atoms with Crippen LogP contribution >= 0.6 is 0 Å². The Hall–Kier alpha value is -1.57. The molecule has 0 atom stereocenters. The highest BCUT2D eigenvalue weighted by molar-refractivity contribution is 5.87. The van der Waals surface area contributed by atoms with E-state index in [9.17, 15) is 4.79 Å². The van der Waals surface area contributed by atoms with Crippen LogP contribution in [-0.4, -0.2) is 10.9 Å². The van der Waals surface area contributed by atoms with Gasteiger partial charge in [0.25, 0.3) is 0 Å². The second kappa shape index (κ2) is 3.05. The van der Waals surface area contributed by atoms with Crippen molar-refractivity contribution in [3.8, 4) is 0 Å². The largest absolute Gasteiger partial charge is 0.348 e. The quantitative estimate of drug-likeness (QED) is 0.639. The summed E-state index contributed by atoms with van der Waals surface area (Å²) in [5.41, 5.74) is 1.93. The van der Waals surface area contributed by atoms with Crippen LogP contribution in [0.1, 0.15) is 17.3 Å². The van der Waals surface area contributed by atoms with Gasteiger partial charge in [0.1, 0.15) is 6.29 Å². The topological polar surface area (TPSA) is 22.0 Å². The molecule has 0 spiro atoms. The monoisotopic (exact) mass is 173 g/mol. The first kappa shape index (κ1) is 8.05. The number of carbonyl (C=O) groups is 1. The van der Waals surface area contributed by atoms with E-state index in [2.05, 4.69) is 11.5 Å². The molecule has 2 nitrogen and oxygen atoms in total. The van der Waals surface area contributed by atoms with Gasteiger partial charge >= 0.3 is 0 Å². The first-order valence-corrected chi connectivity index (χ1v) is 4.39. The van der Waals surface area contributed by atoms with Gasteiger partial charge in [0, 0.05) is 29.2 Å². The SMILES string of the molecule is CCn1ccc2cc(C=O)ccc21. The fourth-order valence-electron chi connectivity index (χ4n) is 1.57. The number of carbonyl (C=O) groups excluding carboxylic acids is 1. The first-order chi connectivity index (χ1) is 6.35. The Morgan fingerprint density at radius 1 is 1.38 bits per heavy atom. The number of hydrogen-bond donors (Lipinski definition) is 0. The summed E-state index contributed by atoms with van der Waals surface area (Å²) >= 11 is 0. The predicted octanol–water partition coefficient (Wildman–Crippen LogP) is 2.47. The van der Waals surface area contributed by atoms with Gasteiger partial charge in [-0.05, 0) is 31.2 Å². The van der Waals surface area contributed by atoms with E-state index < -0.39 is 0 Å². The van der Waals surface area contributed by atoms with Crippen LogP contribution in [0.25, 0.3) is 10.9 Å². The van der Waals surface area contributed by atoms with Gasteiger partial charge in [0.15, 0.2) is 0 Å². The molecule has 1 aromatic heterocycles. The molecule has 1 aromatic carbocycles. The highest BCUT2D eigenvalue weighted by atomic mass is 16.1. The zero-order valence-corrected chi connectivity index (χ0v) is 7.53. The van der Waals surface area contributed by atoms with Crippen molar-refractivity contribution in [1.82, 2.24) is 4.57 Å². The van der Waals surface area contributed by atoms with E-state index in [-0.39, 0.29) is 0 Å². The second-order valence-corrected chi connectivity index (χ2v) is 3.04. The molecule has 2 heteroatoms. The van der Waals surface area contributed by atoms with Crippen molar-refractivity contribution in [2.75, 3.05) is 0 Å². The number of nitrogens with zero attached hydrogens (tertiary/aromatic N) is 1. The summed E-state index contributed by atoms with van der Waals surface area (Å²) in [5.74, 6) is 0. The molecular formula is C11H11NO. The van der Waals surface area contributed by atoms with Gasteiger partial charge in [0.05, 0.1) is 0 Å². The Morgan fingerprint density at radius 3 is 2.92 bits per heavy atom. The average Bonchev–Trinajstić information content (AvgIpc) is 2.59. The zero-order valence-electron chi connectivity index (χ0n) is 7.53. The molecule has 0 amide bonds. The van der Waals surface area contributed by atoms with Gasteiger partial charge in [-0.1, -0.05) is 0 Å². The minimum atomic E-state index is 0.737. The molecule has 13 heavy (non-hydrogen) atoms. The van der Waals surface area contributed by atoms with E-state index in [1.807, 2.05) is 30.5 Å². The van der Waals surface area contributed by atoms with E-state index in [0.29, 0.717) is 0 Å². The third-order valence-corrected chi connectivity index (χ3v) is 2.27. The van der Waals surface area contributed by atoms with Crippen LogP contribution in [0.3, 0.4) is 0 Å². The van der Waals surface area contributed by atoms with E-state index in [0.717, 1.165) is 23.8 Å². The zero-order chi connectivity index (χ0) is 9.26. The number of aldehydes is 1. The fraction of sp³-hybridized carbons (Fsp3) is 0.182. The van der Waals surface area contributed by atoms with Crippen molar-refractivity contribution >= 4 is 17.2 Å². The van der Waals surface area contributed by atoms with Gasteiger partial charge < -0.3 is 4.57 Å². The van der Waals surface area contributed by atoms with Crippen LogP contribution in [-0.2, 0) is 6.54 Å². The first-order valence-electron chi connectivity index (χ1n) is 4.39. The van der Waals surface area contributed by atoms with Crippen molar-refractivity contribution in [3.05, 3.63) is 36.0 Å². The summed E-state index contributed by atoms with van der Waals surface area (Å²) in [6.45, 7) is 3.07. The van der Waals surface area contributed by atoms with Crippen molar-refractivity contribution in [1.29, 1.82) is 0 Å². The molecule has 1 heterocycles. The fourth-order valence-corrected chi connectivity index (χ4v) is 1.57. The summed E-state index contributed by atoms with van der Waals surface area (Å²) in [5, 5.41) is 1.13. The van der Waals surface area contributed by atoms with Crippen molar-refractivity contribution in [2.45, 2.75) is 13.5 Å². The van der Waals surface area contributed by atoms with Crippen molar-refractivity contribution in [3.63, 3.8) is 0 Å². The molecule has 0 unspecified atom stereocenters. The predicted molar refractivity (Wildman–Crippen MR) is 53.0 cm³/mol. The lowest BCUT2D eigenvalue weighted by atomic mass is 10.2. The van der Waals surface area contributed by atoms with Crippen LogP contribution in [0.2, 0.25) is 0 Å². The van der Waals surface area contributed by atoms with Crippen molar-refractivity contribution in [2.24, 2.45) is 0 Å². The van der Waals surface area contributed by atoms with E-state index in [1.165, 1.54) is 5.52 Å². The number of rotatable bonds is 2. The highest BCUT2D eigenvalue weighted by Gasteiger charge is 1.99. The molecule has 0 N–H and O–H groups in total. The molecule has 66 valence electrons. The maximum atomic E-state index is 10.5. The normalized spacial score (nSPS) is 10.5. The Labute approximate surface area is 76.8 Å². The third-order valence-electron chi connectivity index (χ3n) is 2.27. The maximum absolute atomic E-state index is 10.5. The number of aromatic nitrogens is 1. The van der Waals surface area contributed by atoms with Gasteiger partial charge in [-0.3, -0.25) is 4.79 Å². The minimum absolute atomic E-state index is 0.737. The van der Waals surface area contributed by atoms with Crippen molar-refractivity contribution < 1.29 is 4.79 Å². The number of fused-ring (bicyclic) bond motifs is 1. The molecule has 0 saturated heterocycles. The average molecular weight is 173 g/mol. The molecule has 0 radical (unpaired) electrons. The molecule has 0 aliphatic heterocycles. The Balaban J connectivity index is 2.67. The van der Waals surface area contributed by atoms with Gasteiger partial charge in [-0.15, -0.1) is 0 Å². The summed E-state index contributed by atoms with van der Waals surface area (Å²) in [6, 6.07) is 7.78. The molecule has 0 fully saturated rings. The van der Waals surface area contributed by atoms with Gasteiger partial charge in [0.2, 0.25) is 0 Å². The van der Waals surface area contributed by atoms with Crippen LogP contribution < -0.4 is 0 Å². The Bertz CT molecular complexity index is 442. The lowest BCUT2D eigenvalue weighted by Crippen LogP contribution is -1.90. The lowest BCUT2D eigenvalue weighted by molar-refractivity contribution is 0.112. The molecular weight excluding hydrogens is 162 g/mol. The minimum Gasteiger partial charge on any atom is -0.348 e. The van der Waals surface area contributed by atoms with E-state index in [1.54, 1.807) is 0 Å². The second-order valence-electron chi connectivity index (χ2n) is 3.04. The van der Waals surface area contributed by atoms with Crippen LogP contribution in [0, 0.1) is 0 Å². The summed E-state index contributed by atoms with van der Waals surface area (Å²) in [6.07, 6.45) is 2.92. The molecule has 0 aliphatic carbocycles. The number of benzene rings is 1. The lowest BCUT2D eigenvalue weighted by Gasteiger charge is -1.99. The number of aryl methyl sites for hydroxylation is 1. The molecule has 0 saturated carbocycles. The third kappa shape index (κ3) is 1.24. The Morgan fingerprint density at radius 2 is 2.23 bits per heavy atom. The standard InChI is InChI=1S/C11H11NO/c1-2-12-6-5-10-7-9(8-13)3-4-11(10)12/h3-8H,2H2,1H3. The summed E-state index contributed by atoms with van der Waals surface area (Å²) in [7, 11) is 0. The maximum Gasteiger partial charge on any atom is 0.150 e. The molecule has 0 bridgehead atoms. The highest BCUT2D eigenvalue weighted by Crippen LogP contribution is 2.16. The molecule has 0 aliphatic rings. The van der Waals surface area contributed by atoms with Gasteiger partial charge in [-0.25, -0.2) is 0 Å². The van der Waals surface area contributed by atoms with E-state index >= 15 is 0 Å². The van der Waals surface area contributed by atoms with Gasteiger partial charge in [-0.2, -0.15) is 0 Å². The smallest absolute Gasteiger partial charge is 0.150 e. The Kier molecular flexibility index (Phi) is 1.89. The van der Waals surface area contributed by atoms with E-state index in [4.69, 9.17) is 0 Å². The van der Waals surface area contributed by atoms with Crippen LogP contribution in [0.4, 0.5) is 0 Å². The summed E-state index contributed by atoms with van der Waals surface area (Å²) < 4.78 is 2.16. The molecule has 2 aromatic rings.